The Bertz CT molecular complexity index is 1100. The van der Waals surface area contributed by atoms with Gasteiger partial charge < -0.3 is 10.2 Å². The average Bonchev–Trinajstić information content (AvgIpc) is 3.07. The van der Waals surface area contributed by atoms with Gasteiger partial charge in [0.2, 0.25) is 5.95 Å². The summed E-state index contributed by atoms with van der Waals surface area (Å²) in [6.45, 7) is 1.71. The number of aromatic nitrogens is 3. The highest BCUT2D eigenvalue weighted by Gasteiger charge is 2.23. The number of amides is 1. The maximum absolute atomic E-state index is 13.5. The lowest BCUT2D eigenvalue weighted by molar-refractivity contribution is 0.0975. The molecular formula is C20H19ClF2N6O. The Balaban J connectivity index is 1.77. The molecule has 156 valence electrons. The predicted octanol–water partition coefficient (Wildman–Crippen LogP) is 3.65. The molecule has 3 aromatic rings. The van der Waals surface area contributed by atoms with E-state index in [1.54, 1.807) is 48.7 Å². The molecule has 0 saturated carbocycles. The largest absolute Gasteiger partial charge is 0.334 e. The van der Waals surface area contributed by atoms with E-state index < -0.39 is 23.6 Å². The van der Waals surface area contributed by atoms with Crippen LogP contribution in [0.25, 0.3) is 11.4 Å². The SMILES string of the molecule is CC(C(=N)NC(=O)c1cccc(Cl)c1)N(C)c1nnc(-c2cc(F)cc(F)c2)n1C. The number of rotatable bonds is 5. The summed E-state index contributed by atoms with van der Waals surface area (Å²) >= 11 is 5.90. The van der Waals surface area contributed by atoms with E-state index in [0.717, 1.165) is 18.2 Å². The third-order valence-corrected chi connectivity index (χ3v) is 4.86. The Hall–Kier alpha value is -3.33. The highest BCUT2D eigenvalue weighted by molar-refractivity contribution is 6.31. The van der Waals surface area contributed by atoms with Crippen molar-refractivity contribution in [2.75, 3.05) is 11.9 Å². The van der Waals surface area contributed by atoms with E-state index in [-0.39, 0.29) is 17.2 Å². The maximum atomic E-state index is 13.5. The molecule has 1 atom stereocenters. The molecule has 10 heteroatoms. The fourth-order valence-electron chi connectivity index (χ4n) is 2.86. The first-order valence-corrected chi connectivity index (χ1v) is 9.29. The second-order valence-electron chi connectivity index (χ2n) is 6.71. The lowest BCUT2D eigenvalue weighted by atomic mass is 10.2. The summed E-state index contributed by atoms with van der Waals surface area (Å²) in [5.41, 5.74) is 0.565. The van der Waals surface area contributed by atoms with Crippen LogP contribution in [0, 0.1) is 17.0 Å². The number of nitrogens with one attached hydrogen (secondary N) is 2. The van der Waals surface area contributed by atoms with Crippen LogP contribution in [0.15, 0.2) is 42.5 Å². The molecule has 2 aromatic carbocycles. The van der Waals surface area contributed by atoms with Gasteiger partial charge in [0.1, 0.15) is 17.5 Å². The van der Waals surface area contributed by atoms with Gasteiger partial charge in [-0.15, -0.1) is 10.2 Å². The van der Waals surface area contributed by atoms with Gasteiger partial charge in [-0.25, -0.2) is 8.78 Å². The summed E-state index contributed by atoms with van der Waals surface area (Å²) < 4.78 is 28.6. The van der Waals surface area contributed by atoms with Gasteiger partial charge >= 0.3 is 0 Å². The summed E-state index contributed by atoms with van der Waals surface area (Å²) in [4.78, 5) is 14.0. The first-order chi connectivity index (χ1) is 14.2. The Morgan fingerprint density at radius 2 is 1.87 bits per heavy atom. The maximum Gasteiger partial charge on any atom is 0.256 e. The van der Waals surface area contributed by atoms with Gasteiger partial charge in [0.15, 0.2) is 5.82 Å². The fraction of sp³-hybridized carbons (Fsp3) is 0.200. The van der Waals surface area contributed by atoms with Gasteiger partial charge in [-0.1, -0.05) is 17.7 Å². The van der Waals surface area contributed by atoms with Crippen molar-refractivity contribution in [1.29, 1.82) is 5.41 Å². The Morgan fingerprint density at radius 1 is 1.20 bits per heavy atom. The summed E-state index contributed by atoms with van der Waals surface area (Å²) in [5.74, 6) is -1.36. The quantitative estimate of drug-likeness (QED) is 0.476. The van der Waals surface area contributed by atoms with Crippen molar-refractivity contribution in [3.8, 4) is 11.4 Å². The van der Waals surface area contributed by atoms with E-state index in [4.69, 9.17) is 17.0 Å². The summed E-state index contributed by atoms with van der Waals surface area (Å²) in [7, 11) is 3.32. The molecule has 0 fully saturated rings. The lowest BCUT2D eigenvalue weighted by Crippen LogP contribution is -2.46. The van der Waals surface area contributed by atoms with E-state index in [1.807, 2.05) is 0 Å². The number of halogens is 3. The van der Waals surface area contributed by atoms with Gasteiger partial charge in [0.25, 0.3) is 5.91 Å². The first kappa shape index (κ1) is 21.4. The van der Waals surface area contributed by atoms with Gasteiger partial charge in [-0.3, -0.25) is 14.8 Å². The summed E-state index contributed by atoms with van der Waals surface area (Å²) in [6.07, 6.45) is 0. The van der Waals surface area contributed by atoms with Crippen LogP contribution in [-0.4, -0.2) is 39.6 Å². The van der Waals surface area contributed by atoms with Crippen LogP contribution in [0.3, 0.4) is 0 Å². The van der Waals surface area contributed by atoms with Gasteiger partial charge in [0.05, 0.1) is 6.04 Å². The van der Waals surface area contributed by atoms with Crippen LogP contribution in [-0.2, 0) is 7.05 Å². The fourth-order valence-corrected chi connectivity index (χ4v) is 3.05. The zero-order valence-electron chi connectivity index (χ0n) is 16.4. The third kappa shape index (κ3) is 4.46. The standard InChI is InChI=1S/C20H19ClF2N6O/c1-11(17(24)25-19(30)12-5-4-6-14(21)7-12)28(2)20-27-26-18(29(20)3)13-8-15(22)10-16(23)9-13/h4-11H,1-3H3,(H2,24,25,30). The molecule has 1 heterocycles. The molecule has 2 N–H and O–H groups in total. The minimum Gasteiger partial charge on any atom is -0.334 e. The molecule has 1 amide bonds. The topological polar surface area (TPSA) is 86.9 Å². The molecule has 7 nitrogen and oxygen atoms in total. The third-order valence-electron chi connectivity index (χ3n) is 4.62. The minimum absolute atomic E-state index is 0.0659. The number of amidine groups is 1. The molecule has 30 heavy (non-hydrogen) atoms. The monoisotopic (exact) mass is 432 g/mol. The van der Waals surface area contributed by atoms with E-state index >= 15 is 0 Å². The van der Waals surface area contributed by atoms with Crippen LogP contribution >= 0.6 is 11.6 Å². The van der Waals surface area contributed by atoms with Crippen LogP contribution in [0.5, 0.6) is 0 Å². The Labute approximate surface area is 176 Å². The second kappa shape index (κ2) is 8.58. The smallest absolute Gasteiger partial charge is 0.256 e. The van der Waals surface area contributed by atoms with Crippen molar-refractivity contribution in [3.05, 3.63) is 64.7 Å². The number of carbonyl (C=O) groups excluding carboxylic acids is 1. The molecule has 1 unspecified atom stereocenters. The average molecular weight is 433 g/mol. The van der Waals surface area contributed by atoms with Crippen molar-refractivity contribution in [1.82, 2.24) is 20.1 Å². The van der Waals surface area contributed by atoms with Crippen molar-refractivity contribution in [2.45, 2.75) is 13.0 Å². The number of hydrogen-bond acceptors (Lipinski definition) is 5. The molecule has 0 bridgehead atoms. The Morgan fingerprint density at radius 3 is 2.50 bits per heavy atom. The van der Waals surface area contributed by atoms with Gasteiger partial charge in [-0.2, -0.15) is 0 Å². The van der Waals surface area contributed by atoms with E-state index in [2.05, 4.69) is 15.5 Å². The number of nitrogens with zero attached hydrogens (tertiary/aromatic N) is 4. The summed E-state index contributed by atoms with van der Waals surface area (Å²) in [5, 5.41) is 19.3. The number of hydrogen-bond donors (Lipinski definition) is 2. The van der Waals surface area contributed by atoms with E-state index in [0.29, 0.717) is 16.5 Å². The molecular weight excluding hydrogens is 414 g/mol. The molecule has 0 aliphatic carbocycles. The molecule has 0 aliphatic rings. The molecule has 0 spiro atoms. The van der Waals surface area contributed by atoms with Crippen molar-refractivity contribution in [2.24, 2.45) is 7.05 Å². The molecule has 0 radical (unpaired) electrons. The van der Waals surface area contributed by atoms with Crippen LogP contribution in [0.4, 0.5) is 14.7 Å². The zero-order chi connectivity index (χ0) is 22.0. The summed E-state index contributed by atoms with van der Waals surface area (Å²) in [6, 6.07) is 8.91. The number of benzene rings is 2. The van der Waals surface area contributed by atoms with Gasteiger partial charge in [0, 0.05) is 36.3 Å². The minimum atomic E-state index is -0.721. The highest BCUT2D eigenvalue weighted by atomic mass is 35.5. The van der Waals surface area contributed by atoms with Crippen LogP contribution in [0.2, 0.25) is 5.02 Å². The predicted molar refractivity (Wildman–Crippen MR) is 111 cm³/mol. The van der Waals surface area contributed by atoms with Crippen molar-refractivity contribution in [3.63, 3.8) is 0 Å². The van der Waals surface area contributed by atoms with Crippen molar-refractivity contribution < 1.29 is 13.6 Å². The number of likely N-dealkylation sites (N-methyl/N-ethyl adjacent to an activating group) is 1. The molecule has 1 aromatic heterocycles. The Kier molecular flexibility index (Phi) is 6.12. The zero-order valence-corrected chi connectivity index (χ0v) is 17.2. The number of carbonyl (C=O) groups is 1. The normalized spacial score (nSPS) is 11.8. The first-order valence-electron chi connectivity index (χ1n) is 8.91. The number of anilines is 1. The van der Waals surface area contributed by atoms with Crippen molar-refractivity contribution >= 4 is 29.3 Å². The van der Waals surface area contributed by atoms with E-state index in [1.165, 1.54) is 6.07 Å². The van der Waals surface area contributed by atoms with Gasteiger partial charge in [-0.05, 0) is 37.3 Å². The van der Waals surface area contributed by atoms with Crippen LogP contribution in [0.1, 0.15) is 17.3 Å². The molecule has 0 aliphatic heterocycles. The second-order valence-corrected chi connectivity index (χ2v) is 7.14. The van der Waals surface area contributed by atoms with Crippen LogP contribution < -0.4 is 10.2 Å². The molecule has 3 rings (SSSR count). The highest BCUT2D eigenvalue weighted by Crippen LogP contribution is 2.23. The van der Waals surface area contributed by atoms with E-state index in [9.17, 15) is 13.6 Å². The lowest BCUT2D eigenvalue weighted by Gasteiger charge is -2.26. The molecule has 0 saturated heterocycles.